The summed E-state index contributed by atoms with van der Waals surface area (Å²) in [5, 5.41) is 24.0. The maximum Gasteiger partial charge on any atom is 0.338 e. The quantitative estimate of drug-likeness (QED) is 0.537. The lowest BCUT2D eigenvalue weighted by atomic mass is 10.1. The largest absolute Gasteiger partial charge is 0.478 e. The summed E-state index contributed by atoms with van der Waals surface area (Å²) >= 11 is 0. The minimum atomic E-state index is -1.05. The Hall–Kier alpha value is -1.92. The van der Waals surface area contributed by atoms with Crippen molar-refractivity contribution in [2.24, 2.45) is 0 Å². The maximum absolute atomic E-state index is 11.5. The van der Waals surface area contributed by atoms with Crippen LogP contribution >= 0.6 is 0 Å². The van der Waals surface area contributed by atoms with Crippen molar-refractivity contribution in [1.29, 1.82) is 0 Å². The van der Waals surface area contributed by atoms with Crippen molar-refractivity contribution in [1.82, 2.24) is 0 Å². The van der Waals surface area contributed by atoms with Crippen LogP contribution in [0.15, 0.2) is 24.3 Å². The summed E-state index contributed by atoms with van der Waals surface area (Å²) in [4.78, 5) is 22.2. The van der Waals surface area contributed by atoms with Gasteiger partial charge in [-0.05, 0) is 24.6 Å². The van der Waals surface area contributed by atoms with E-state index >= 15 is 0 Å². The number of aliphatic hydroxyl groups excluding tert-OH is 2. The third-order valence-corrected chi connectivity index (χ3v) is 2.18. The first-order valence-corrected chi connectivity index (χ1v) is 6.29. The van der Waals surface area contributed by atoms with Gasteiger partial charge in [0.2, 0.25) is 0 Å². The van der Waals surface area contributed by atoms with Gasteiger partial charge < -0.3 is 20.1 Å². The predicted molar refractivity (Wildman–Crippen MR) is 72.8 cm³/mol. The number of aromatic carboxylic acids is 1. The molecule has 0 saturated heterocycles. The Labute approximate surface area is 117 Å². The molecular formula is C14H20O6. The number of hydrogen-bond donors (Lipinski definition) is 3. The van der Waals surface area contributed by atoms with Crippen LogP contribution in [-0.2, 0) is 4.74 Å². The second kappa shape index (κ2) is 11.0. The summed E-state index contributed by atoms with van der Waals surface area (Å²) in [6.45, 7) is 2.12. The van der Waals surface area contributed by atoms with Crippen LogP contribution in [0.4, 0.5) is 0 Å². The molecule has 1 aromatic rings. The molecule has 1 rings (SSSR count). The van der Waals surface area contributed by atoms with Gasteiger partial charge >= 0.3 is 11.9 Å². The first kappa shape index (κ1) is 18.1. The number of benzene rings is 1. The van der Waals surface area contributed by atoms with Gasteiger partial charge in [0.1, 0.15) is 0 Å². The summed E-state index contributed by atoms with van der Waals surface area (Å²) in [6.07, 6.45) is 1.76. The first-order chi connectivity index (χ1) is 9.56. The lowest BCUT2D eigenvalue weighted by Gasteiger charge is -2.04. The molecule has 0 amide bonds. The number of carboxylic acids is 1. The van der Waals surface area contributed by atoms with Crippen molar-refractivity contribution in [3.8, 4) is 0 Å². The molecule has 112 valence electrons. The van der Waals surface area contributed by atoms with E-state index in [1.807, 2.05) is 6.92 Å². The van der Waals surface area contributed by atoms with Crippen LogP contribution < -0.4 is 0 Å². The highest BCUT2D eigenvalue weighted by Crippen LogP contribution is 2.07. The highest BCUT2D eigenvalue weighted by molar-refractivity contribution is 5.94. The minimum absolute atomic E-state index is 0.0879. The Kier molecular flexibility index (Phi) is 9.90. The van der Waals surface area contributed by atoms with Crippen molar-refractivity contribution >= 4 is 11.9 Å². The third-order valence-electron chi connectivity index (χ3n) is 2.18. The molecule has 0 aromatic heterocycles. The van der Waals surface area contributed by atoms with Gasteiger partial charge in [-0.15, -0.1) is 0 Å². The average molecular weight is 284 g/mol. The van der Waals surface area contributed by atoms with Gasteiger partial charge in [-0.2, -0.15) is 0 Å². The number of carbonyl (C=O) groups is 2. The molecule has 0 radical (unpaired) electrons. The molecule has 0 heterocycles. The van der Waals surface area contributed by atoms with Crippen LogP contribution in [-0.4, -0.2) is 47.1 Å². The fourth-order valence-electron chi connectivity index (χ4n) is 1.17. The second-order valence-corrected chi connectivity index (χ2v) is 3.82. The Morgan fingerprint density at radius 1 is 1.15 bits per heavy atom. The van der Waals surface area contributed by atoms with E-state index in [-0.39, 0.29) is 24.3 Å². The zero-order chi connectivity index (χ0) is 15.4. The number of unbranched alkanes of at least 4 members (excludes halogenated alkanes) is 1. The van der Waals surface area contributed by atoms with E-state index in [1.54, 1.807) is 6.07 Å². The summed E-state index contributed by atoms with van der Waals surface area (Å²) in [5.41, 5.74) is 0.362. The van der Waals surface area contributed by atoms with Crippen LogP contribution in [0, 0.1) is 0 Å². The SMILES string of the molecule is CCCCOC(=O)c1cccc(C(=O)O)c1.OCCO. The number of carboxylic acid groups (broad SMARTS) is 1. The first-order valence-electron chi connectivity index (χ1n) is 6.29. The van der Waals surface area contributed by atoms with E-state index in [0.717, 1.165) is 12.8 Å². The standard InChI is InChI=1S/C12H14O4.C2H6O2/c1-2-3-7-16-12(15)10-6-4-5-9(8-10)11(13)14;3-1-2-4/h4-6,8H,2-3,7H2,1H3,(H,13,14);3-4H,1-2H2. The highest BCUT2D eigenvalue weighted by atomic mass is 16.5. The molecule has 20 heavy (non-hydrogen) atoms. The van der Waals surface area contributed by atoms with E-state index in [2.05, 4.69) is 0 Å². The van der Waals surface area contributed by atoms with Gasteiger partial charge in [0.15, 0.2) is 0 Å². The van der Waals surface area contributed by atoms with Gasteiger partial charge in [0.25, 0.3) is 0 Å². The average Bonchev–Trinajstić information content (AvgIpc) is 2.47. The van der Waals surface area contributed by atoms with Crippen molar-refractivity contribution in [3.05, 3.63) is 35.4 Å². The number of aliphatic hydroxyl groups is 2. The smallest absolute Gasteiger partial charge is 0.338 e. The molecule has 0 bridgehead atoms. The maximum atomic E-state index is 11.5. The van der Waals surface area contributed by atoms with Gasteiger partial charge in [-0.3, -0.25) is 0 Å². The molecule has 0 atom stereocenters. The molecule has 0 fully saturated rings. The van der Waals surface area contributed by atoms with Gasteiger partial charge in [0, 0.05) is 0 Å². The molecule has 0 saturated carbocycles. The minimum Gasteiger partial charge on any atom is -0.478 e. The normalized spacial score (nSPS) is 9.35. The fraction of sp³-hybridized carbons (Fsp3) is 0.429. The lowest BCUT2D eigenvalue weighted by Crippen LogP contribution is -2.07. The molecular weight excluding hydrogens is 264 g/mol. The van der Waals surface area contributed by atoms with Crippen LogP contribution in [0.1, 0.15) is 40.5 Å². The van der Waals surface area contributed by atoms with E-state index in [4.69, 9.17) is 20.1 Å². The van der Waals surface area contributed by atoms with Crippen molar-refractivity contribution in [2.75, 3.05) is 19.8 Å². The van der Waals surface area contributed by atoms with E-state index in [1.165, 1.54) is 18.2 Å². The molecule has 0 aliphatic carbocycles. The monoisotopic (exact) mass is 284 g/mol. The molecule has 6 nitrogen and oxygen atoms in total. The van der Waals surface area contributed by atoms with Crippen molar-refractivity contribution in [3.63, 3.8) is 0 Å². The summed E-state index contributed by atoms with van der Waals surface area (Å²) < 4.78 is 4.97. The van der Waals surface area contributed by atoms with E-state index in [0.29, 0.717) is 6.61 Å². The second-order valence-electron chi connectivity index (χ2n) is 3.82. The van der Waals surface area contributed by atoms with Gasteiger partial charge in [-0.1, -0.05) is 19.4 Å². The Balaban J connectivity index is 0.000000796. The molecule has 1 aromatic carbocycles. The molecule has 0 aliphatic heterocycles. The van der Waals surface area contributed by atoms with Crippen LogP contribution in [0.5, 0.6) is 0 Å². The number of hydrogen-bond acceptors (Lipinski definition) is 5. The Morgan fingerprint density at radius 3 is 2.25 bits per heavy atom. The van der Waals surface area contributed by atoms with Crippen molar-refractivity contribution in [2.45, 2.75) is 19.8 Å². The molecule has 6 heteroatoms. The summed E-state index contributed by atoms with van der Waals surface area (Å²) in [7, 11) is 0. The molecule has 3 N–H and O–H groups in total. The molecule has 0 spiro atoms. The van der Waals surface area contributed by atoms with Gasteiger partial charge in [-0.25, -0.2) is 9.59 Å². The highest BCUT2D eigenvalue weighted by Gasteiger charge is 2.09. The van der Waals surface area contributed by atoms with Gasteiger partial charge in [0.05, 0.1) is 30.9 Å². The van der Waals surface area contributed by atoms with E-state index < -0.39 is 11.9 Å². The zero-order valence-corrected chi connectivity index (χ0v) is 11.4. The fourth-order valence-corrected chi connectivity index (χ4v) is 1.17. The molecule has 0 aliphatic rings. The summed E-state index contributed by atoms with van der Waals surface area (Å²) in [5.74, 6) is -1.53. The zero-order valence-electron chi connectivity index (χ0n) is 11.4. The summed E-state index contributed by atoms with van der Waals surface area (Å²) in [6, 6.07) is 5.82. The van der Waals surface area contributed by atoms with Crippen LogP contribution in [0.25, 0.3) is 0 Å². The van der Waals surface area contributed by atoms with Crippen molar-refractivity contribution < 1.29 is 29.6 Å². The topological polar surface area (TPSA) is 104 Å². The third kappa shape index (κ3) is 7.50. The Morgan fingerprint density at radius 2 is 1.75 bits per heavy atom. The number of carbonyl (C=O) groups excluding carboxylic acids is 1. The molecule has 0 unspecified atom stereocenters. The van der Waals surface area contributed by atoms with Crippen LogP contribution in [0.2, 0.25) is 0 Å². The lowest BCUT2D eigenvalue weighted by molar-refractivity contribution is 0.0499. The number of ether oxygens (including phenoxy) is 1. The van der Waals surface area contributed by atoms with Crippen LogP contribution in [0.3, 0.4) is 0 Å². The number of esters is 1. The van der Waals surface area contributed by atoms with E-state index in [9.17, 15) is 9.59 Å². The number of rotatable bonds is 6. The predicted octanol–water partition coefficient (Wildman–Crippen LogP) is 1.31. The Bertz CT molecular complexity index is 414.